The normalized spacial score (nSPS) is 10.0. The molecule has 0 atom stereocenters. The van der Waals surface area contributed by atoms with Crippen molar-refractivity contribution in [1.29, 1.82) is 0 Å². The number of benzene rings is 2. The molecule has 0 aliphatic rings. The summed E-state index contributed by atoms with van der Waals surface area (Å²) < 4.78 is 4.62. The zero-order valence-corrected chi connectivity index (χ0v) is 14.3. The minimum absolute atomic E-state index is 0.155. The lowest BCUT2D eigenvalue weighted by Gasteiger charge is -2.08. The van der Waals surface area contributed by atoms with Gasteiger partial charge in [-0.3, -0.25) is 9.59 Å². The number of nitrogens with one attached hydrogen (secondary N) is 2. The zero-order valence-electron chi connectivity index (χ0n) is 13.5. The molecule has 2 amide bonds. The van der Waals surface area contributed by atoms with Crippen molar-refractivity contribution in [2.24, 2.45) is 0 Å². The van der Waals surface area contributed by atoms with Gasteiger partial charge in [0.1, 0.15) is 0 Å². The molecule has 0 saturated heterocycles. The molecule has 2 rings (SSSR count). The van der Waals surface area contributed by atoms with Gasteiger partial charge < -0.3 is 15.4 Å². The number of hydrogen-bond acceptors (Lipinski definition) is 4. The van der Waals surface area contributed by atoms with Gasteiger partial charge in [-0.05, 0) is 35.9 Å². The van der Waals surface area contributed by atoms with E-state index in [9.17, 15) is 14.4 Å². The van der Waals surface area contributed by atoms with Gasteiger partial charge in [0, 0.05) is 10.7 Å². The zero-order chi connectivity index (χ0) is 18.2. The predicted octanol–water partition coefficient (Wildman–Crippen LogP) is 2.42. The minimum atomic E-state index is -0.493. The van der Waals surface area contributed by atoms with Crippen molar-refractivity contribution < 1.29 is 19.1 Å². The summed E-state index contributed by atoms with van der Waals surface area (Å²) in [5.41, 5.74) is 1.57. The van der Waals surface area contributed by atoms with Crippen molar-refractivity contribution in [1.82, 2.24) is 5.32 Å². The summed E-state index contributed by atoms with van der Waals surface area (Å²) in [5, 5.41) is 5.74. The molecule has 0 spiro atoms. The molecule has 2 aromatic rings. The molecule has 25 heavy (non-hydrogen) atoms. The topological polar surface area (TPSA) is 84.5 Å². The van der Waals surface area contributed by atoms with E-state index in [2.05, 4.69) is 15.4 Å². The Bertz CT molecular complexity index is 775. The first kappa shape index (κ1) is 18.5. The van der Waals surface area contributed by atoms with Crippen molar-refractivity contribution in [3.63, 3.8) is 0 Å². The highest BCUT2D eigenvalue weighted by molar-refractivity contribution is 6.30. The van der Waals surface area contributed by atoms with Crippen LogP contribution >= 0.6 is 11.6 Å². The molecule has 0 bridgehead atoms. The van der Waals surface area contributed by atoms with E-state index in [-0.39, 0.29) is 18.9 Å². The number of rotatable bonds is 6. The fourth-order valence-corrected chi connectivity index (χ4v) is 2.20. The summed E-state index contributed by atoms with van der Waals surface area (Å²) in [4.78, 5) is 35.2. The van der Waals surface area contributed by atoms with Crippen molar-refractivity contribution in [2.75, 3.05) is 19.0 Å². The maximum Gasteiger partial charge on any atom is 0.337 e. The van der Waals surface area contributed by atoms with E-state index < -0.39 is 11.9 Å². The van der Waals surface area contributed by atoms with E-state index in [0.29, 0.717) is 16.3 Å². The van der Waals surface area contributed by atoms with Gasteiger partial charge >= 0.3 is 5.97 Å². The molecule has 0 aliphatic heterocycles. The monoisotopic (exact) mass is 360 g/mol. The molecule has 2 aromatic carbocycles. The van der Waals surface area contributed by atoms with Crippen LogP contribution in [0.5, 0.6) is 0 Å². The van der Waals surface area contributed by atoms with Crippen LogP contribution in [0.15, 0.2) is 48.5 Å². The van der Waals surface area contributed by atoms with Gasteiger partial charge in [0.15, 0.2) is 0 Å². The summed E-state index contributed by atoms with van der Waals surface area (Å²) in [6, 6.07) is 13.2. The number of ether oxygens (including phenoxy) is 1. The average Bonchev–Trinajstić information content (AvgIpc) is 2.61. The van der Waals surface area contributed by atoms with E-state index in [1.54, 1.807) is 42.5 Å². The first-order valence-corrected chi connectivity index (χ1v) is 7.85. The standard InChI is InChI=1S/C18H17ClN2O4/c1-25-18(24)13-3-2-4-15(10-13)21-17(23)11-20-16(22)9-12-5-7-14(19)8-6-12/h2-8,10H,9,11H2,1H3,(H,20,22)(H,21,23). The molecule has 0 aromatic heterocycles. The Morgan fingerprint density at radius 2 is 1.76 bits per heavy atom. The number of hydrogen-bond donors (Lipinski definition) is 2. The van der Waals surface area contributed by atoms with E-state index in [1.807, 2.05) is 0 Å². The molecule has 0 aliphatic carbocycles. The Kier molecular flexibility index (Phi) is 6.54. The SMILES string of the molecule is COC(=O)c1cccc(NC(=O)CNC(=O)Cc2ccc(Cl)cc2)c1. The molecule has 0 fully saturated rings. The van der Waals surface area contributed by atoms with Crippen molar-refractivity contribution >= 4 is 35.1 Å². The molecule has 0 saturated carbocycles. The lowest BCUT2D eigenvalue weighted by atomic mass is 10.1. The van der Waals surface area contributed by atoms with Gasteiger partial charge in [-0.25, -0.2) is 4.79 Å². The number of carbonyl (C=O) groups excluding carboxylic acids is 3. The van der Waals surface area contributed by atoms with Gasteiger partial charge in [-0.2, -0.15) is 0 Å². The van der Waals surface area contributed by atoms with E-state index in [4.69, 9.17) is 11.6 Å². The Morgan fingerprint density at radius 3 is 2.44 bits per heavy atom. The lowest BCUT2D eigenvalue weighted by Crippen LogP contribution is -2.33. The predicted molar refractivity (Wildman–Crippen MR) is 94.6 cm³/mol. The summed E-state index contributed by atoms with van der Waals surface area (Å²) >= 11 is 5.79. The highest BCUT2D eigenvalue weighted by Crippen LogP contribution is 2.12. The molecular weight excluding hydrogens is 344 g/mol. The Balaban J connectivity index is 1.83. The number of esters is 1. The van der Waals surface area contributed by atoms with Crippen LogP contribution in [-0.2, 0) is 20.7 Å². The highest BCUT2D eigenvalue weighted by Gasteiger charge is 2.09. The number of halogens is 1. The molecule has 0 radical (unpaired) electrons. The van der Waals surface area contributed by atoms with Gasteiger partial charge in [0.2, 0.25) is 11.8 Å². The number of anilines is 1. The maximum absolute atomic E-state index is 11.9. The smallest absolute Gasteiger partial charge is 0.337 e. The average molecular weight is 361 g/mol. The minimum Gasteiger partial charge on any atom is -0.465 e. The van der Waals surface area contributed by atoms with Crippen LogP contribution in [-0.4, -0.2) is 31.4 Å². The third-order valence-electron chi connectivity index (χ3n) is 3.29. The second kappa shape index (κ2) is 8.84. The van der Waals surface area contributed by atoms with Crippen molar-refractivity contribution in [3.05, 3.63) is 64.7 Å². The third kappa shape index (κ3) is 5.93. The number of amides is 2. The van der Waals surface area contributed by atoms with Crippen LogP contribution in [0.1, 0.15) is 15.9 Å². The Morgan fingerprint density at radius 1 is 1.04 bits per heavy atom. The first-order chi connectivity index (χ1) is 12.0. The molecule has 130 valence electrons. The highest BCUT2D eigenvalue weighted by atomic mass is 35.5. The summed E-state index contributed by atoms with van der Waals surface area (Å²) in [6.45, 7) is -0.172. The second-order valence-corrected chi connectivity index (χ2v) is 5.64. The van der Waals surface area contributed by atoms with Crippen LogP contribution in [0.25, 0.3) is 0 Å². The quantitative estimate of drug-likeness (QED) is 0.775. The molecule has 0 unspecified atom stereocenters. The van der Waals surface area contributed by atoms with Crippen LogP contribution < -0.4 is 10.6 Å². The van der Waals surface area contributed by atoms with E-state index >= 15 is 0 Å². The fraction of sp³-hybridized carbons (Fsp3) is 0.167. The Labute approximate surface area is 150 Å². The van der Waals surface area contributed by atoms with Crippen LogP contribution in [0.4, 0.5) is 5.69 Å². The van der Waals surface area contributed by atoms with Crippen LogP contribution in [0.2, 0.25) is 5.02 Å². The summed E-state index contributed by atoms with van der Waals surface area (Å²) in [7, 11) is 1.28. The van der Waals surface area contributed by atoms with Crippen molar-refractivity contribution in [2.45, 2.75) is 6.42 Å². The number of methoxy groups -OCH3 is 1. The van der Waals surface area contributed by atoms with Crippen molar-refractivity contribution in [3.8, 4) is 0 Å². The summed E-state index contributed by atoms with van der Waals surface area (Å²) in [5.74, 6) is -1.17. The van der Waals surface area contributed by atoms with E-state index in [1.165, 1.54) is 13.2 Å². The molecule has 0 heterocycles. The van der Waals surface area contributed by atoms with Crippen LogP contribution in [0.3, 0.4) is 0 Å². The fourth-order valence-electron chi connectivity index (χ4n) is 2.08. The Hall–Kier alpha value is -2.86. The second-order valence-electron chi connectivity index (χ2n) is 5.20. The number of carbonyl (C=O) groups is 3. The van der Waals surface area contributed by atoms with E-state index in [0.717, 1.165) is 5.56 Å². The lowest BCUT2D eigenvalue weighted by molar-refractivity contribution is -0.123. The first-order valence-electron chi connectivity index (χ1n) is 7.47. The largest absolute Gasteiger partial charge is 0.465 e. The van der Waals surface area contributed by atoms with Gasteiger partial charge in [-0.1, -0.05) is 29.8 Å². The maximum atomic E-state index is 11.9. The third-order valence-corrected chi connectivity index (χ3v) is 3.54. The summed E-state index contributed by atoms with van der Waals surface area (Å²) in [6.07, 6.45) is 0.155. The van der Waals surface area contributed by atoms with Gasteiger partial charge in [-0.15, -0.1) is 0 Å². The molecule has 7 heteroatoms. The molecule has 6 nitrogen and oxygen atoms in total. The van der Waals surface area contributed by atoms with Gasteiger partial charge in [0.05, 0.1) is 25.6 Å². The molecule has 2 N–H and O–H groups in total. The van der Waals surface area contributed by atoms with Crippen LogP contribution in [0, 0.1) is 0 Å². The van der Waals surface area contributed by atoms with Gasteiger partial charge in [0.25, 0.3) is 0 Å². The molecular formula is C18H17ClN2O4.